The van der Waals surface area contributed by atoms with E-state index in [0.717, 1.165) is 5.56 Å². The van der Waals surface area contributed by atoms with Gasteiger partial charge in [-0.1, -0.05) is 38.1 Å². The Bertz CT molecular complexity index is 654. The van der Waals surface area contributed by atoms with Gasteiger partial charge in [0.1, 0.15) is 6.04 Å². The lowest BCUT2D eigenvalue weighted by Gasteiger charge is -2.36. The van der Waals surface area contributed by atoms with Crippen molar-refractivity contribution in [3.05, 3.63) is 35.4 Å². The zero-order valence-corrected chi connectivity index (χ0v) is 14.9. The third-order valence-corrected chi connectivity index (χ3v) is 6.32. The van der Waals surface area contributed by atoms with Gasteiger partial charge in [0.15, 0.2) is 0 Å². The monoisotopic (exact) mass is 335 g/mol. The van der Waals surface area contributed by atoms with Crippen LogP contribution in [0.15, 0.2) is 24.3 Å². The number of hydrogen-bond donors (Lipinski definition) is 0. The van der Waals surface area contributed by atoms with E-state index in [1.807, 2.05) is 12.1 Å². The summed E-state index contributed by atoms with van der Waals surface area (Å²) in [7, 11) is -3.13. The molecule has 1 aliphatic heterocycles. The van der Waals surface area contributed by atoms with Gasteiger partial charge in [-0.25, -0.2) is 8.42 Å². The number of nitrogens with zero attached hydrogens (tertiary/aromatic N) is 3. The summed E-state index contributed by atoms with van der Waals surface area (Å²) in [6, 6.07) is 10.2. The first kappa shape index (κ1) is 17.9. The van der Waals surface area contributed by atoms with Gasteiger partial charge in [-0.15, -0.1) is 0 Å². The molecule has 0 saturated carbocycles. The Morgan fingerprint density at radius 1 is 1.09 bits per heavy atom. The number of nitriles is 1. The Morgan fingerprint density at radius 3 is 2.04 bits per heavy atom. The predicted molar refractivity (Wildman–Crippen MR) is 91.5 cm³/mol. The van der Waals surface area contributed by atoms with E-state index in [4.69, 9.17) is 0 Å². The molecule has 1 saturated heterocycles. The first-order valence-corrected chi connectivity index (χ1v) is 9.71. The summed E-state index contributed by atoms with van der Waals surface area (Å²) in [6.07, 6.45) is 0. The fourth-order valence-corrected chi connectivity index (χ4v) is 3.94. The van der Waals surface area contributed by atoms with Crippen LogP contribution in [0.3, 0.4) is 0 Å². The Balaban J connectivity index is 2.07. The van der Waals surface area contributed by atoms with Gasteiger partial charge in [-0.2, -0.15) is 9.57 Å². The summed E-state index contributed by atoms with van der Waals surface area (Å²) >= 11 is 0. The van der Waals surface area contributed by atoms with Gasteiger partial charge < -0.3 is 0 Å². The average molecular weight is 335 g/mol. The van der Waals surface area contributed by atoms with Crippen LogP contribution in [0, 0.1) is 11.3 Å². The van der Waals surface area contributed by atoms with Crippen LogP contribution < -0.4 is 0 Å². The topological polar surface area (TPSA) is 64.4 Å². The molecule has 23 heavy (non-hydrogen) atoms. The van der Waals surface area contributed by atoms with Crippen LogP contribution in [0.1, 0.15) is 43.9 Å². The van der Waals surface area contributed by atoms with E-state index in [-0.39, 0.29) is 11.8 Å². The minimum absolute atomic E-state index is 0.130. The molecule has 1 aromatic carbocycles. The summed E-state index contributed by atoms with van der Waals surface area (Å²) < 4.78 is 25.4. The quantitative estimate of drug-likeness (QED) is 0.828. The summed E-state index contributed by atoms with van der Waals surface area (Å²) in [6.45, 7) is 8.04. The number of benzene rings is 1. The number of piperazine rings is 1. The van der Waals surface area contributed by atoms with Crippen molar-refractivity contribution in [3.63, 3.8) is 0 Å². The van der Waals surface area contributed by atoms with Crippen molar-refractivity contribution in [1.82, 2.24) is 9.21 Å². The third-order valence-electron chi connectivity index (χ3n) is 4.44. The van der Waals surface area contributed by atoms with Crippen molar-refractivity contribution < 1.29 is 8.42 Å². The lowest BCUT2D eigenvalue weighted by molar-refractivity contribution is 0.162. The van der Waals surface area contributed by atoms with E-state index >= 15 is 0 Å². The van der Waals surface area contributed by atoms with E-state index in [9.17, 15) is 13.7 Å². The highest BCUT2D eigenvalue weighted by Crippen LogP contribution is 2.24. The van der Waals surface area contributed by atoms with E-state index in [2.05, 4.69) is 36.9 Å². The Kier molecular flexibility index (Phi) is 5.79. The molecule has 0 N–H and O–H groups in total. The van der Waals surface area contributed by atoms with E-state index in [1.165, 1.54) is 9.87 Å². The molecule has 1 atom stereocenters. The first-order valence-electron chi connectivity index (χ1n) is 8.10. The van der Waals surface area contributed by atoms with Gasteiger partial charge >= 0.3 is 0 Å². The van der Waals surface area contributed by atoms with Crippen molar-refractivity contribution in [2.75, 3.05) is 31.9 Å². The number of sulfonamides is 1. The summed E-state index contributed by atoms with van der Waals surface area (Å²) in [4.78, 5) is 2.06. The molecule has 1 aromatic rings. The molecule has 1 aliphatic rings. The normalized spacial score (nSPS) is 18.7. The summed E-state index contributed by atoms with van der Waals surface area (Å²) in [5, 5.41) is 9.56. The van der Waals surface area contributed by atoms with Crippen LogP contribution in [-0.4, -0.2) is 49.6 Å². The van der Waals surface area contributed by atoms with Crippen molar-refractivity contribution in [3.8, 4) is 6.07 Å². The summed E-state index contributed by atoms with van der Waals surface area (Å²) in [5.41, 5.74) is 2.23. The maximum absolute atomic E-state index is 11.9. The van der Waals surface area contributed by atoms with Gasteiger partial charge in [-0.05, 0) is 24.0 Å². The molecule has 5 nitrogen and oxygen atoms in total. The molecule has 0 aliphatic carbocycles. The maximum atomic E-state index is 11.9. The molecule has 0 amide bonds. The Morgan fingerprint density at radius 2 is 1.61 bits per heavy atom. The SMILES string of the molecule is CCS(=O)(=O)N1CCN(C(C#N)c2ccc(C(C)C)cc2)CC1. The Labute approximate surface area is 139 Å². The largest absolute Gasteiger partial charge is 0.282 e. The second-order valence-corrected chi connectivity index (χ2v) is 8.45. The van der Waals surface area contributed by atoms with Gasteiger partial charge in [0.25, 0.3) is 0 Å². The van der Waals surface area contributed by atoms with Crippen molar-refractivity contribution in [2.45, 2.75) is 32.7 Å². The van der Waals surface area contributed by atoms with Crippen LogP contribution in [0.2, 0.25) is 0 Å². The molecule has 126 valence electrons. The third kappa shape index (κ3) is 4.11. The van der Waals surface area contributed by atoms with E-state index in [0.29, 0.717) is 32.1 Å². The lowest BCUT2D eigenvalue weighted by Crippen LogP contribution is -2.49. The molecule has 0 bridgehead atoms. The van der Waals surface area contributed by atoms with Crippen LogP contribution in [-0.2, 0) is 10.0 Å². The molecule has 0 radical (unpaired) electrons. The second-order valence-electron chi connectivity index (χ2n) is 6.19. The maximum Gasteiger partial charge on any atom is 0.213 e. The molecular formula is C17H25N3O2S. The van der Waals surface area contributed by atoms with Crippen LogP contribution in [0.5, 0.6) is 0 Å². The van der Waals surface area contributed by atoms with E-state index in [1.54, 1.807) is 6.92 Å². The van der Waals surface area contributed by atoms with Crippen molar-refractivity contribution in [2.24, 2.45) is 0 Å². The average Bonchev–Trinajstić information content (AvgIpc) is 2.56. The highest BCUT2D eigenvalue weighted by molar-refractivity contribution is 7.89. The second kappa shape index (κ2) is 7.43. The molecule has 1 unspecified atom stereocenters. The van der Waals surface area contributed by atoms with Crippen LogP contribution in [0.4, 0.5) is 0 Å². The fourth-order valence-electron chi connectivity index (χ4n) is 2.85. The smallest absolute Gasteiger partial charge is 0.213 e. The van der Waals surface area contributed by atoms with Gasteiger partial charge in [-0.3, -0.25) is 4.90 Å². The number of rotatable bonds is 5. The molecular weight excluding hydrogens is 310 g/mol. The molecule has 0 aromatic heterocycles. The first-order chi connectivity index (χ1) is 10.9. The van der Waals surface area contributed by atoms with Gasteiger partial charge in [0.05, 0.1) is 11.8 Å². The summed E-state index contributed by atoms with van der Waals surface area (Å²) in [5.74, 6) is 0.595. The molecule has 1 heterocycles. The highest BCUT2D eigenvalue weighted by atomic mass is 32.2. The number of hydrogen-bond acceptors (Lipinski definition) is 4. The zero-order chi connectivity index (χ0) is 17.0. The van der Waals surface area contributed by atoms with Crippen molar-refractivity contribution >= 4 is 10.0 Å². The highest BCUT2D eigenvalue weighted by Gasteiger charge is 2.29. The van der Waals surface area contributed by atoms with Crippen LogP contribution in [0.25, 0.3) is 0 Å². The zero-order valence-electron chi connectivity index (χ0n) is 14.1. The standard InChI is InChI=1S/C17H25N3O2S/c1-4-23(21,22)20-11-9-19(10-12-20)17(13-18)16-7-5-15(6-8-16)14(2)3/h5-8,14,17H,4,9-12H2,1-3H3. The van der Waals surface area contributed by atoms with Crippen LogP contribution >= 0.6 is 0 Å². The van der Waals surface area contributed by atoms with Crippen molar-refractivity contribution in [1.29, 1.82) is 5.26 Å². The predicted octanol–water partition coefficient (Wildman–Crippen LogP) is 2.34. The molecule has 1 fully saturated rings. The minimum Gasteiger partial charge on any atom is -0.282 e. The van der Waals surface area contributed by atoms with Gasteiger partial charge in [0, 0.05) is 26.2 Å². The molecule has 2 rings (SSSR count). The van der Waals surface area contributed by atoms with E-state index < -0.39 is 10.0 Å². The molecule has 6 heteroatoms. The molecule has 0 spiro atoms. The lowest BCUT2D eigenvalue weighted by atomic mass is 9.98. The minimum atomic E-state index is -3.13. The Hall–Kier alpha value is -1.42. The van der Waals surface area contributed by atoms with Gasteiger partial charge in [0.2, 0.25) is 10.0 Å². The fraction of sp³-hybridized carbons (Fsp3) is 0.588.